The second-order valence-corrected chi connectivity index (χ2v) is 16.9. The Morgan fingerprint density at radius 3 is 0.735 bits per heavy atom. The van der Waals surface area contributed by atoms with Crippen LogP contribution in [0.15, 0.2) is 189 Å². The molecule has 4 heteroatoms. The minimum atomic E-state index is 0.0409. The van der Waals surface area contributed by atoms with Crippen molar-refractivity contribution in [1.29, 1.82) is 0 Å². The third-order valence-corrected chi connectivity index (χ3v) is 14.4. The van der Waals surface area contributed by atoms with Crippen LogP contribution in [0.5, 0.6) is 0 Å². The van der Waals surface area contributed by atoms with Crippen molar-refractivity contribution >= 4 is 90.1 Å². The van der Waals surface area contributed by atoms with E-state index >= 15 is 0 Å². The molecule has 0 bridgehead atoms. The molecule has 0 aromatic heterocycles. The third kappa shape index (κ3) is 7.84. The molecule has 8 rings (SSSR count). The van der Waals surface area contributed by atoms with Crippen molar-refractivity contribution in [2.45, 2.75) is 19.6 Å². The fourth-order valence-corrected chi connectivity index (χ4v) is 11.6. The molecule has 0 saturated carbocycles. The predicted octanol–water partition coefficient (Wildman–Crippen LogP) is 13.8. The highest BCUT2D eigenvalue weighted by molar-refractivity contribution is 8.02. The minimum absolute atomic E-state index is 0.0409. The van der Waals surface area contributed by atoms with Gasteiger partial charge in [0.25, 0.3) is 0 Å². The molecule has 240 valence electrons. The molecular weight excluding hydrogens is 669 g/mol. The van der Waals surface area contributed by atoms with Crippen LogP contribution in [0.2, 0.25) is 0 Å². The van der Waals surface area contributed by atoms with Gasteiger partial charge in [-0.2, -0.15) is 0 Å². The first-order valence-electron chi connectivity index (χ1n) is 16.6. The summed E-state index contributed by atoms with van der Waals surface area (Å²) in [5.74, 6) is 4.14. The molecule has 0 nitrogen and oxygen atoms in total. The van der Waals surface area contributed by atoms with Gasteiger partial charge in [0.2, 0.25) is 0 Å². The highest BCUT2D eigenvalue weighted by Crippen LogP contribution is 2.43. The Balaban J connectivity index is 1.13. The summed E-state index contributed by atoms with van der Waals surface area (Å²) in [6.07, 6.45) is 0. The molecule has 0 unspecified atom stereocenters. The second-order valence-electron chi connectivity index (χ2n) is 12.7. The molecular formula is C45H36S4. The van der Waals surface area contributed by atoms with E-state index in [4.69, 9.17) is 0 Å². The number of thioether (sulfide) groups is 4. The summed E-state index contributed by atoms with van der Waals surface area (Å²) in [5.41, 5.74) is 0.0409. The third-order valence-electron chi connectivity index (χ3n) is 9.06. The van der Waals surface area contributed by atoms with E-state index in [0.717, 1.165) is 23.0 Å². The first kappa shape index (κ1) is 32.4. The first-order valence-corrected chi connectivity index (χ1v) is 20.6. The standard InChI is InChI=1S/C45H36S4/c1-5-13-37-25-41(21-17-33(37)9-1)46-29-45(30-47-42-22-18-34-10-2-6-14-38(34)26-42,31-48-43-23-19-35-11-3-7-15-39(35)27-43)32-49-44-24-20-36-12-4-8-16-40(36)28-44/h1-28H,29-32H2. The SMILES string of the molecule is c1ccc2cc(SCC(CSc3ccc4ccccc4c3)(CSc3ccc4ccccc4c3)CSc3ccc4ccccc4c3)ccc2c1. The summed E-state index contributed by atoms with van der Waals surface area (Å²) in [4.78, 5) is 5.35. The van der Waals surface area contributed by atoms with E-state index in [1.807, 2.05) is 47.0 Å². The van der Waals surface area contributed by atoms with Crippen molar-refractivity contribution in [2.75, 3.05) is 23.0 Å². The van der Waals surface area contributed by atoms with Crippen molar-refractivity contribution in [3.05, 3.63) is 170 Å². The fraction of sp³-hybridized carbons (Fsp3) is 0.111. The normalized spacial score (nSPS) is 11.9. The van der Waals surface area contributed by atoms with Gasteiger partial charge in [-0.05, 0) is 91.6 Å². The molecule has 8 aromatic rings. The highest BCUT2D eigenvalue weighted by atomic mass is 32.2. The lowest BCUT2D eigenvalue weighted by molar-refractivity contribution is 0.515. The van der Waals surface area contributed by atoms with Gasteiger partial charge in [-0.15, -0.1) is 47.0 Å². The van der Waals surface area contributed by atoms with Gasteiger partial charge in [-0.3, -0.25) is 0 Å². The molecule has 0 radical (unpaired) electrons. The molecule has 0 N–H and O–H groups in total. The van der Waals surface area contributed by atoms with Gasteiger partial charge in [0.1, 0.15) is 0 Å². The molecule has 0 atom stereocenters. The van der Waals surface area contributed by atoms with Crippen molar-refractivity contribution in [3.63, 3.8) is 0 Å². The zero-order valence-corrected chi connectivity index (χ0v) is 30.4. The summed E-state index contributed by atoms with van der Waals surface area (Å²) in [6, 6.07) is 62.6. The van der Waals surface area contributed by atoms with Crippen molar-refractivity contribution < 1.29 is 0 Å². The topological polar surface area (TPSA) is 0 Å². The molecule has 0 heterocycles. The number of hydrogen-bond acceptors (Lipinski definition) is 4. The quantitative estimate of drug-likeness (QED) is 0.116. The van der Waals surface area contributed by atoms with Gasteiger partial charge >= 0.3 is 0 Å². The molecule has 49 heavy (non-hydrogen) atoms. The van der Waals surface area contributed by atoms with Crippen LogP contribution in [0, 0.1) is 5.41 Å². The lowest BCUT2D eigenvalue weighted by Crippen LogP contribution is -2.33. The molecule has 0 spiro atoms. The molecule has 8 aromatic carbocycles. The summed E-state index contributed by atoms with van der Waals surface area (Å²) in [6.45, 7) is 0. The molecule has 0 aliphatic heterocycles. The Morgan fingerprint density at radius 2 is 0.490 bits per heavy atom. The van der Waals surface area contributed by atoms with Gasteiger partial charge in [0, 0.05) is 48.0 Å². The van der Waals surface area contributed by atoms with Crippen LogP contribution in [-0.4, -0.2) is 23.0 Å². The van der Waals surface area contributed by atoms with Gasteiger partial charge in [-0.25, -0.2) is 0 Å². The van der Waals surface area contributed by atoms with Crippen LogP contribution >= 0.6 is 47.0 Å². The van der Waals surface area contributed by atoms with Crippen LogP contribution in [0.4, 0.5) is 0 Å². The lowest BCUT2D eigenvalue weighted by atomic mass is 9.99. The first-order chi connectivity index (χ1) is 24.2. The van der Waals surface area contributed by atoms with E-state index in [-0.39, 0.29) is 5.41 Å². The number of hydrogen-bond donors (Lipinski definition) is 0. The summed E-state index contributed by atoms with van der Waals surface area (Å²) >= 11 is 8.06. The Bertz CT molecular complexity index is 2040. The van der Waals surface area contributed by atoms with Gasteiger partial charge < -0.3 is 0 Å². The molecule has 0 amide bonds. The van der Waals surface area contributed by atoms with Crippen molar-refractivity contribution in [3.8, 4) is 0 Å². The smallest absolute Gasteiger partial charge is 0.00789 e. The summed E-state index contributed by atoms with van der Waals surface area (Å²) < 4.78 is 0. The van der Waals surface area contributed by atoms with Crippen LogP contribution in [0.3, 0.4) is 0 Å². The molecule has 0 aliphatic rings. The van der Waals surface area contributed by atoms with Crippen LogP contribution in [-0.2, 0) is 0 Å². The maximum Gasteiger partial charge on any atom is 0.00789 e. The predicted molar refractivity (Wildman–Crippen MR) is 221 cm³/mol. The van der Waals surface area contributed by atoms with Crippen LogP contribution in [0.1, 0.15) is 0 Å². The Hall–Kier alpha value is -3.80. The van der Waals surface area contributed by atoms with E-state index < -0.39 is 0 Å². The largest absolute Gasteiger partial charge is 0.125 e. The molecule has 0 aliphatic carbocycles. The maximum absolute atomic E-state index is 2.37. The monoisotopic (exact) mass is 704 g/mol. The minimum Gasteiger partial charge on any atom is -0.125 e. The average Bonchev–Trinajstić information content (AvgIpc) is 3.17. The summed E-state index contributed by atoms with van der Waals surface area (Å²) in [5, 5.41) is 10.4. The van der Waals surface area contributed by atoms with E-state index in [2.05, 4.69) is 170 Å². The summed E-state index contributed by atoms with van der Waals surface area (Å²) in [7, 11) is 0. The highest BCUT2D eigenvalue weighted by Gasteiger charge is 2.32. The Labute approximate surface area is 306 Å². The van der Waals surface area contributed by atoms with Crippen molar-refractivity contribution in [2.24, 2.45) is 5.41 Å². The lowest BCUT2D eigenvalue weighted by Gasteiger charge is -2.33. The second kappa shape index (κ2) is 15.0. The number of rotatable bonds is 12. The maximum atomic E-state index is 2.37. The van der Waals surface area contributed by atoms with E-state index in [9.17, 15) is 0 Å². The fourth-order valence-electron chi connectivity index (χ4n) is 6.22. The Morgan fingerprint density at radius 1 is 0.265 bits per heavy atom. The zero-order valence-electron chi connectivity index (χ0n) is 27.1. The van der Waals surface area contributed by atoms with Gasteiger partial charge in [-0.1, -0.05) is 121 Å². The average molecular weight is 705 g/mol. The van der Waals surface area contributed by atoms with E-state index in [0.29, 0.717) is 0 Å². The van der Waals surface area contributed by atoms with E-state index in [1.165, 1.54) is 62.7 Å². The Kier molecular flexibility index (Phi) is 9.91. The molecule has 0 saturated heterocycles. The van der Waals surface area contributed by atoms with Gasteiger partial charge in [0.05, 0.1) is 0 Å². The number of fused-ring (bicyclic) bond motifs is 4. The number of benzene rings is 8. The molecule has 0 fully saturated rings. The van der Waals surface area contributed by atoms with Crippen LogP contribution < -0.4 is 0 Å². The van der Waals surface area contributed by atoms with Crippen LogP contribution in [0.25, 0.3) is 43.1 Å². The zero-order chi connectivity index (χ0) is 32.9. The van der Waals surface area contributed by atoms with Crippen molar-refractivity contribution in [1.82, 2.24) is 0 Å². The van der Waals surface area contributed by atoms with E-state index in [1.54, 1.807) is 0 Å². The van der Waals surface area contributed by atoms with Gasteiger partial charge in [0.15, 0.2) is 0 Å².